The molecule has 2 aromatic carbocycles. The molecule has 4 N–H and O–H groups in total. The number of nitrogens with zero attached hydrogens (tertiary/aromatic N) is 3. The number of hydrogen-bond donors (Lipinski definition) is 3. The molecule has 10 nitrogen and oxygen atoms in total. The topological polar surface area (TPSA) is 133 Å². The molecule has 0 aliphatic carbocycles. The molecule has 156 valence electrons. The van der Waals surface area contributed by atoms with Crippen LogP contribution >= 0.6 is 0 Å². The molecule has 0 atom stereocenters. The number of anilines is 2. The van der Waals surface area contributed by atoms with Crippen LogP contribution in [0.25, 0.3) is 0 Å². The standard InChI is InChI=1S/C20H22N6O4/c1-29-14-9-7-13(8-10-14)11-22-20(28)18-19(21)26(25-24-18)12-17(27)23-15-5-3-4-6-16(15)30-2/h3-10H,11-12,21H2,1-2H3,(H,22,28)(H,23,27). The lowest BCUT2D eigenvalue weighted by atomic mass is 10.2. The third-order valence-corrected chi connectivity index (χ3v) is 4.28. The Hall–Kier alpha value is -4.08. The summed E-state index contributed by atoms with van der Waals surface area (Å²) in [6, 6.07) is 14.3. The summed E-state index contributed by atoms with van der Waals surface area (Å²) in [4.78, 5) is 24.7. The van der Waals surface area contributed by atoms with E-state index in [9.17, 15) is 9.59 Å². The zero-order valence-corrected chi connectivity index (χ0v) is 16.6. The van der Waals surface area contributed by atoms with E-state index in [0.717, 1.165) is 16.0 Å². The molecule has 0 saturated carbocycles. The van der Waals surface area contributed by atoms with Crippen LogP contribution in [-0.2, 0) is 17.9 Å². The molecule has 0 unspecified atom stereocenters. The third-order valence-electron chi connectivity index (χ3n) is 4.28. The van der Waals surface area contributed by atoms with Gasteiger partial charge in [-0.25, -0.2) is 4.68 Å². The van der Waals surface area contributed by atoms with Crippen LogP contribution < -0.4 is 25.8 Å². The smallest absolute Gasteiger partial charge is 0.275 e. The van der Waals surface area contributed by atoms with Gasteiger partial charge in [-0.1, -0.05) is 29.5 Å². The third kappa shape index (κ3) is 4.85. The predicted octanol–water partition coefficient (Wildman–Crippen LogP) is 1.45. The first kappa shape index (κ1) is 20.6. The number of carbonyl (C=O) groups excluding carboxylic acids is 2. The zero-order chi connectivity index (χ0) is 21.5. The van der Waals surface area contributed by atoms with E-state index >= 15 is 0 Å². The Kier molecular flexibility index (Phi) is 6.48. The second kappa shape index (κ2) is 9.41. The summed E-state index contributed by atoms with van der Waals surface area (Å²) in [5.41, 5.74) is 7.31. The second-order valence-electron chi connectivity index (χ2n) is 6.26. The first-order valence-corrected chi connectivity index (χ1v) is 9.04. The van der Waals surface area contributed by atoms with Crippen LogP contribution in [0.5, 0.6) is 11.5 Å². The SMILES string of the molecule is COc1ccc(CNC(=O)c2nnn(CC(=O)Nc3ccccc3OC)c2N)cc1. The van der Waals surface area contributed by atoms with Gasteiger partial charge in [0, 0.05) is 6.54 Å². The quantitative estimate of drug-likeness (QED) is 0.512. The van der Waals surface area contributed by atoms with Gasteiger partial charge >= 0.3 is 0 Å². The first-order valence-electron chi connectivity index (χ1n) is 9.04. The Morgan fingerprint density at radius 1 is 1.07 bits per heavy atom. The average Bonchev–Trinajstić information content (AvgIpc) is 3.12. The van der Waals surface area contributed by atoms with E-state index in [1.807, 2.05) is 12.1 Å². The van der Waals surface area contributed by atoms with E-state index in [1.54, 1.807) is 43.5 Å². The number of nitrogen functional groups attached to an aromatic ring is 1. The number of carbonyl (C=O) groups is 2. The monoisotopic (exact) mass is 410 g/mol. The van der Waals surface area contributed by atoms with Crippen molar-refractivity contribution in [3.63, 3.8) is 0 Å². The molecule has 3 aromatic rings. The van der Waals surface area contributed by atoms with E-state index in [1.165, 1.54) is 7.11 Å². The van der Waals surface area contributed by atoms with E-state index in [4.69, 9.17) is 15.2 Å². The highest BCUT2D eigenvalue weighted by Crippen LogP contribution is 2.23. The Bertz CT molecular complexity index is 1030. The van der Waals surface area contributed by atoms with Crippen LogP contribution in [0.1, 0.15) is 16.1 Å². The highest BCUT2D eigenvalue weighted by atomic mass is 16.5. The summed E-state index contributed by atoms with van der Waals surface area (Å²) >= 11 is 0. The van der Waals surface area contributed by atoms with Gasteiger partial charge in [-0.2, -0.15) is 0 Å². The second-order valence-corrected chi connectivity index (χ2v) is 6.26. The Morgan fingerprint density at radius 3 is 2.50 bits per heavy atom. The largest absolute Gasteiger partial charge is 0.497 e. The van der Waals surface area contributed by atoms with Gasteiger partial charge in [-0.3, -0.25) is 9.59 Å². The fraction of sp³-hybridized carbons (Fsp3) is 0.200. The molecule has 0 saturated heterocycles. The highest BCUT2D eigenvalue weighted by molar-refractivity contribution is 5.97. The minimum Gasteiger partial charge on any atom is -0.497 e. The molecule has 0 spiro atoms. The lowest BCUT2D eigenvalue weighted by Gasteiger charge is -2.10. The normalized spacial score (nSPS) is 10.3. The predicted molar refractivity (Wildman–Crippen MR) is 110 cm³/mol. The first-order chi connectivity index (χ1) is 14.5. The van der Waals surface area contributed by atoms with Crippen molar-refractivity contribution in [1.29, 1.82) is 0 Å². The van der Waals surface area contributed by atoms with Crippen LogP contribution in [-0.4, -0.2) is 41.0 Å². The minimum absolute atomic E-state index is 0.00240. The van der Waals surface area contributed by atoms with Crippen LogP contribution in [0, 0.1) is 0 Å². The summed E-state index contributed by atoms with van der Waals surface area (Å²) in [6.45, 7) is 0.0755. The number of ether oxygens (including phenoxy) is 2. The van der Waals surface area contributed by atoms with Crippen LogP contribution in [0.15, 0.2) is 48.5 Å². The maximum absolute atomic E-state index is 12.4. The van der Waals surface area contributed by atoms with E-state index < -0.39 is 5.91 Å². The van der Waals surface area contributed by atoms with Crippen molar-refractivity contribution >= 4 is 23.3 Å². The van der Waals surface area contributed by atoms with Crippen molar-refractivity contribution in [3.8, 4) is 11.5 Å². The van der Waals surface area contributed by atoms with E-state index in [-0.39, 0.29) is 30.5 Å². The molecule has 0 fully saturated rings. The number of aromatic nitrogens is 3. The molecular formula is C20H22N6O4. The molecule has 3 rings (SSSR count). The molecule has 10 heteroatoms. The maximum Gasteiger partial charge on any atom is 0.275 e. The number of nitrogens with one attached hydrogen (secondary N) is 2. The lowest BCUT2D eigenvalue weighted by molar-refractivity contribution is -0.116. The summed E-state index contributed by atoms with van der Waals surface area (Å²) < 4.78 is 11.5. The van der Waals surface area contributed by atoms with Gasteiger partial charge in [0.2, 0.25) is 5.91 Å². The molecule has 0 aliphatic rings. The Balaban J connectivity index is 1.60. The number of benzene rings is 2. The molecule has 1 aromatic heterocycles. The van der Waals surface area contributed by atoms with Crippen molar-refractivity contribution in [2.24, 2.45) is 0 Å². The Morgan fingerprint density at radius 2 is 1.80 bits per heavy atom. The van der Waals surface area contributed by atoms with Gasteiger partial charge in [-0.05, 0) is 29.8 Å². The summed E-state index contributed by atoms with van der Waals surface area (Å²) in [5.74, 6) is 0.373. The van der Waals surface area contributed by atoms with E-state index in [2.05, 4.69) is 20.9 Å². The number of rotatable bonds is 8. The molecule has 2 amide bonds. The van der Waals surface area contributed by atoms with Crippen molar-refractivity contribution in [1.82, 2.24) is 20.3 Å². The van der Waals surface area contributed by atoms with Crippen molar-refractivity contribution < 1.29 is 19.1 Å². The molecule has 1 heterocycles. The average molecular weight is 410 g/mol. The summed E-state index contributed by atoms with van der Waals surface area (Å²) in [6.07, 6.45) is 0. The number of amides is 2. The van der Waals surface area contributed by atoms with Gasteiger partial charge in [-0.15, -0.1) is 5.10 Å². The fourth-order valence-corrected chi connectivity index (χ4v) is 2.68. The minimum atomic E-state index is -0.486. The van der Waals surface area contributed by atoms with Crippen LogP contribution in [0.4, 0.5) is 11.5 Å². The van der Waals surface area contributed by atoms with Gasteiger partial charge in [0.25, 0.3) is 5.91 Å². The maximum atomic E-state index is 12.4. The number of para-hydroxylation sites is 2. The van der Waals surface area contributed by atoms with Crippen molar-refractivity contribution in [2.75, 3.05) is 25.3 Å². The number of hydrogen-bond acceptors (Lipinski definition) is 7. The van der Waals surface area contributed by atoms with Gasteiger partial charge < -0.3 is 25.8 Å². The van der Waals surface area contributed by atoms with Crippen LogP contribution in [0.2, 0.25) is 0 Å². The van der Waals surface area contributed by atoms with E-state index in [0.29, 0.717) is 11.4 Å². The van der Waals surface area contributed by atoms with Crippen LogP contribution in [0.3, 0.4) is 0 Å². The Labute approximate surface area is 173 Å². The lowest BCUT2D eigenvalue weighted by Crippen LogP contribution is -2.25. The molecule has 0 radical (unpaired) electrons. The summed E-state index contributed by atoms with van der Waals surface area (Å²) in [7, 11) is 3.09. The molecule has 0 aliphatic heterocycles. The molecular weight excluding hydrogens is 388 g/mol. The van der Waals surface area contributed by atoms with Crippen molar-refractivity contribution in [3.05, 3.63) is 59.8 Å². The number of nitrogens with two attached hydrogens (primary N) is 1. The van der Waals surface area contributed by atoms with Gasteiger partial charge in [0.05, 0.1) is 19.9 Å². The molecule has 30 heavy (non-hydrogen) atoms. The van der Waals surface area contributed by atoms with Gasteiger partial charge in [0.15, 0.2) is 11.5 Å². The summed E-state index contributed by atoms with van der Waals surface area (Å²) in [5, 5.41) is 13.0. The molecule has 0 bridgehead atoms. The van der Waals surface area contributed by atoms with Crippen molar-refractivity contribution in [2.45, 2.75) is 13.1 Å². The highest BCUT2D eigenvalue weighted by Gasteiger charge is 2.19. The number of methoxy groups -OCH3 is 2. The van der Waals surface area contributed by atoms with Gasteiger partial charge in [0.1, 0.15) is 18.0 Å². The zero-order valence-electron chi connectivity index (χ0n) is 16.6. The fourth-order valence-electron chi connectivity index (χ4n) is 2.68.